The van der Waals surface area contributed by atoms with E-state index in [0.29, 0.717) is 28.4 Å². The normalized spacial score (nSPS) is 10.6. The van der Waals surface area contributed by atoms with E-state index in [0.717, 1.165) is 5.69 Å². The SMILES string of the molecule is COc1cc(OC)cc(C(=O)Nc2ccc(N=Nc3ccccc3)cc2)c1. The highest BCUT2D eigenvalue weighted by molar-refractivity contribution is 6.04. The first kappa shape index (κ1) is 18.1. The largest absolute Gasteiger partial charge is 0.497 e. The van der Waals surface area contributed by atoms with Crippen LogP contribution in [0.1, 0.15) is 10.4 Å². The highest BCUT2D eigenvalue weighted by atomic mass is 16.5. The van der Waals surface area contributed by atoms with Crippen LogP contribution >= 0.6 is 0 Å². The number of nitrogens with zero attached hydrogens (tertiary/aromatic N) is 2. The smallest absolute Gasteiger partial charge is 0.255 e. The molecule has 0 heterocycles. The zero-order valence-corrected chi connectivity index (χ0v) is 15.0. The van der Waals surface area contributed by atoms with Crippen molar-refractivity contribution in [1.82, 2.24) is 0 Å². The van der Waals surface area contributed by atoms with Gasteiger partial charge in [0.2, 0.25) is 0 Å². The third kappa shape index (κ3) is 4.92. The van der Waals surface area contributed by atoms with E-state index in [1.165, 1.54) is 0 Å². The lowest BCUT2D eigenvalue weighted by Gasteiger charge is -2.09. The fourth-order valence-corrected chi connectivity index (χ4v) is 2.36. The Morgan fingerprint density at radius 3 is 1.89 bits per heavy atom. The van der Waals surface area contributed by atoms with Gasteiger partial charge in [0, 0.05) is 17.3 Å². The molecule has 1 amide bonds. The summed E-state index contributed by atoms with van der Waals surface area (Å²) in [5.74, 6) is 0.846. The van der Waals surface area contributed by atoms with E-state index in [9.17, 15) is 4.79 Å². The standard InChI is InChI=1S/C21H19N3O3/c1-26-19-12-15(13-20(14-19)27-2)21(25)22-16-8-10-18(11-9-16)24-23-17-6-4-3-5-7-17/h3-14H,1-2H3,(H,22,25). The molecule has 0 radical (unpaired) electrons. The zero-order chi connectivity index (χ0) is 19.1. The predicted molar refractivity (Wildman–Crippen MR) is 105 cm³/mol. The summed E-state index contributed by atoms with van der Waals surface area (Å²) in [4.78, 5) is 12.5. The van der Waals surface area contributed by atoms with Crippen molar-refractivity contribution in [2.24, 2.45) is 10.2 Å². The second-order valence-corrected chi connectivity index (χ2v) is 5.64. The molecule has 0 bridgehead atoms. The van der Waals surface area contributed by atoms with Crippen LogP contribution in [-0.2, 0) is 0 Å². The van der Waals surface area contributed by atoms with Gasteiger partial charge in [0.15, 0.2) is 0 Å². The summed E-state index contributed by atoms with van der Waals surface area (Å²) < 4.78 is 10.4. The lowest BCUT2D eigenvalue weighted by atomic mass is 10.1. The summed E-state index contributed by atoms with van der Waals surface area (Å²) in [6.45, 7) is 0. The Balaban J connectivity index is 1.69. The van der Waals surface area contributed by atoms with Gasteiger partial charge in [0.05, 0.1) is 25.6 Å². The van der Waals surface area contributed by atoms with Crippen LogP contribution in [0.3, 0.4) is 0 Å². The quantitative estimate of drug-likeness (QED) is 0.600. The van der Waals surface area contributed by atoms with Crippen LogP contribution in [0.4, 0.5) is 17.1 Å². The second kappa shape index (κ2) is 8.62. The molecule has 136 valence electrons. The molecule has 3 aromatic carbocycles. The van der Waals surface area contributed by atoms with Crippen molar-refractivity contribution >= 4 is 23.0 Å². The van der Waals surface area contributed by atoms with Gasteiger partial charge in [0.25, 0.3) is 5.91 Å². The Morgan fingerprint density at radius 1 is 0.778 bits per heavy atom. The predicted octanol–water partition coefficient (Wildman–Crippen LogP) is 5.37. The van der Waals surface area contributed by atoms with Gasteiger partial charge < -0.3 is 14.8 Å². The number of azo groups is 1. The highest BCUT2D eigenvalue weighted by Crippen LogP contribution is 2.24. The van der Waals surface area contributed by atoms with Gasteiger partial charge in [-0.3, -0.25) is 4.79 Å². The maximum Gasteiger partial charge on any atom is 0.255 e. The second-order valence-electron chi connectivity index (χ2n) is 5.64. The molecule has 27 heavy (non-hydrogen) atoms. The first-order valence-electron chi connectivity index (χ1n) is 8.29. The van der Waals surface area contributed by atoms with Crippen molar-refractivity contribution in [3.63, 3.8) is 0 Å². The number of carbonyl (C=O) groups is 1. The molecular weight excluding hydrogens is 342 g/mol. The van der Waals surface area contributed by atoms with Gasteiger partial charge in [-0.2, -0.15) is 10.2 Å². The number of hydrogen-bond donors (Lipinski definition) is 1. The van der Waals surface area contributed by atoms with Crippen molar-refractivity contribution < 1.29 is 14.3 Å². The number of anilines is 1. The van der Waals surface area contributed by atoms with Crippen molar-refractivity contribution in [1.29, 1.82) is 0 Å². The summed E-state index contributed by atoms with van der Waals surface area (Å²) >= 11 is 0. The average Bonchev–Trinajstić information content (AvgIpc) is 2.73. The number of methoxy groups -OCH3 is 2. The summed E-state index contributed by atoms with van der Waals surface area (Å²) in [6, 6.07) is 21.6. The molecule has 3 aromatic rings. The minimum Gasteiger partial charge on any atom is -0.497 e. The number of ether oxygens (including phenoxy) is 2. The van der Waals surface area contributed by atoms with Crippen LogP contribution in [0.15, 0.2) is 83.0 Å². The molecule has 0 spiro atoms. The molecule has 0 atom stereocenters. The lowest BCUT2D eigenvalue weighted by molar-refractivity contribution is 0.102. The molecule has 1 N–H and O–H groups in total. The maximum atomic E-state index is 12.5. The van der Waals surface area contributed by atoms with Gasteiger partial charge in [0.1, 0.15) is 11.5 Å². The number of carbonyl (C=O) groups excluding carboxylic acids is 1. The number of benzene rings is 3. The molecule has 0 saturated heterocycles. The van der Waals surface area contributed by atoms with E-state index in [2.05, 4.69) is 15.5 Å². The van der Waals surface area contributed by atoms with E-state index in [1.807, 2.05) is 30.3 Å². The third-order valence-electron chi connectivity index (χ3n) is 3.78. The van der Waals surface area contributed by atoms with Gasteiger partial charge in [-0.05, 0) is 48.5 Å². The number of rotatable bonds is 6. The Hall–Kier alpha value is -3.67. The summed E-state index contributed by atoms with van der Waals surface area (Å²) in [5, 5.41) is 11.2. The number of amides is 1. The average molecular weight is 361 g/mol. The fourth-order valence-electron chi connectivity index (χ4n) is 2.36. The molecule has 6 nitrogen and oxygen atoms in total. The van der Waals surface area contributed by atoms with Crippen LogP contribution in [0.25, 0.3) is 0 Å². The van der Waals surface area contributed by atoms with Gasteiger partial charge in [-0.25, -0.2) is 0 Å². The summed E-state index contributed by atoms with van der Waals surface area (Å²) in [6.07, 6.45) is 0. The van der Waals surface area contributed by atoms with Crippen molar-refractivity contribution in [3.8, 4) is 11.5 Å². The zero-order valence-electron chi connectivity index (χ0n) is 15.0. The first-order chi connectivity index (χ1) is 13.2. The molecule has 0 aliphatic heterocycles. The van der Waals surface area contributed by atoms with E-state index >= 15 is 0 Å². The van der Waals surface area contributed by atoms with Crippen LogP contribution in [0, 0.1) is 0 Å². The van der Waals surface area contributed by atoms with Crippen LogP contribution < -0.4 is 14.8 Å². The highest BCUT2D eigenvalue weighted by Gasteiger charge is 2.10. The molecule has 3 rings (SSSR count). The lowest BCUT2D eigenvalue weighted by Crippen LogP contribution is -2.12. The Labute approximate surface area is 157 Å². The van der Waals surface area contributed by atoms with Crippen molar-refractivity contribution in [2.75, 3.05) is 19.5 Å². The molecule has 0 unspecified atom stereocenters. The van der Waals surface area contributed by atoms with Gasteiger partial charge in [-0.15, -0.1) is 0 Å². The summed E-state index contributed by atoms with van der Waals surface area (Å²) in [7, 11) is 3.08. The molecule has 0 fully saturated rings. The van der Waals surface area contributed by atoms with E-state index < -0.39 is 0 Å². The van der Waals surface area contributed by atoms with Crippen molar-refractivity contribution in [3.05, 3.63) is 78.4 Å². The van der Waals surface area contributed by atoms with Crippen LogP contribution in [0.5, 0.6) is 11.5 Å². The minimum atomic E-state index is -0.258. The third-order valence-corrected chi connectivity index (χ3v) is 3.78. The van der Waals surface area contributed by atoms with Crippen LogP contribution in [-0.4, -0.2) is 20.1 Å². The monoisotopic (exact) mass is 361 g/mol. The number of nitrogens with one attached hydrogen (secondary N) is 1. The Kier molecular flexibility index (Phi) is 5.79. The molecule has 0 saturated carbocycles. The Morgan fingerprint density at radius 2 is 1.33 bits per heavy atom. The van der Waals surface area contributed by atoms with Gasteiger partial charge in [-0.1, -0.05) is 18.2 Å². The maximum absolute atomic E-state index is 12.5. The molecule has 0 aliphatic rings. The van der Waals surface area contributed by atoms with E-state index in [1.54, 1.807) is 56.7 Å². The molecule has 0 aromatic heterocycles. The van der Waals surface area contributed by atoms with E-state index in [-0.39, 0.29) is 5.91 Å². The van der Waals surface area contributed by atoms with Crippen LogP contribution in [0.2, 0.25) is 0 Å². The molecule has 0 aliphatic carbocycles. The molecule has 6 heteroatoms. The Bertz CT molecular complexity index is 916. The van der Waals surface area contributed by atoms with Gasteiger partial charge >= 0.3 is 0 Å². The fraction of sp³-hybridized carbons (Fsp3) is 0.0952. The molecular formula is C21H19N3O3. The summed E-state index contributed by atoms with van der Waals surface area (Å²) in [5.41, 5.74) is 2.57. The minimum absolute atomic E-state index is 0.258. The van der Waals surface area contributed by atoms with E-state index in [4.69, 9.17) is 9.47 Å². The topological polar surface area (TPSA) is 72.3 Å². The first-order valence-corrected chi connectivity index (χ1v) is 8.29. The van der Waals surface area contributed by atoms with Crippen molar-refractivity contribution in [2.45, 2.75) is 0 Å². The number of hydrogen-bond acceptors (Lipinski definition) is 5.